The second-order valence-corrected chi connectivity index (χ2v) is 6.11. The van der Waals surface area contributed by atoms with Gasteiger partial charge < -0.3 is 14.4 Å². The van der Waals surface area contributed by atoms with E-state index < -0.39 is 24.4 Å². The Balaban J connectivity index is 2.38. The monoisotopic (exact) mass is 277 g/mol. The molecule has 108 valence electrons. The zero-order valence-electron chi connectivity index (χ0n) is 12.5. The molecule has 1 aromatic rings. The molecule has 1 amide bonds. The minimum absolute atomic E-state index is 0.456. The molecule has 1 heterocycles. The largest absolute Gasteiger partial charge is 0.496 e. The number of benzene rings is 1. The van der Waals surface area contributed by atoms with Crippen LogP contribution in [0.15, 0.2) is 18.2 Å². The fourth-order valence-electron chi connectivity index (χ4n) is 2.08. The summed E-state index contributed by atoms with van der Waals surface area (Å²) in [6, 6.07) is 5.46. The van der Waals surface area contributed by atoms with E-state index in [2.05, 4.69) is 5.32 Å². The number of anilines is 1. The molecule has 0 radical (unpaired) electrons. The van der Waals surface area contributed by atoms with Crippen LogP contribution < -0.4 is 10.8 Å². The van der Waals surface area contributed by atoms with Crippen LogP contribution in [-0.4, -0.2) is 29.5 Å². The number of nitrogens with one attached hydrogen (secondary N) is 1. The van der Waals surface area contributed by atoms with Gasteiger partial charge in [-0.25, -0.2) is 4.79 Å². The van der Waals surface area contributed by atoms with E-state index in [9.17, 15) is 4.79 Å². The molecular weight excluding hydrogens is 257 g/mol. The van der Waals surface area contributed by atoms with Crippen molar-refractivity contribution in [3.05, 3.63) is 23.8 Å². The third-order valence-electron chi connectivity index (χ3n) is 3.96. The summed E-state index contributed by atoms with van der Waals surface area (Å²) in [4.78, 5) is 10.9. The predicted octanol–water partition coefficient (Wildman–Crippen LogP) is 2.38. The topological polar surface area (TPSA) is 67.8 Å². The van der Waals surface area contributed by atoms with Gasteiger partial charge in [-0.15, -0.1) is 0 Å². The molecule has 0 saturated carbocycles. The normalized spacial score (nSPS) is 19.9. The molecule has 1 aliphatic rings. The standard InChI is InChI=1S/C14H20BNO4/c1-9-6-7-11(16-12(17)18)10(8-9)15-19-13(2,3)14(4,5)20-15/h6-8,16H,1-5H3,(H,17,18). The van der Waals surface area contributed by atoms with Crippen molar-refractivity contribution in [3.63, 3.8) is 0 Å². The lowest BCUT2D eigenvalue weighted by Crippen LogP contribution is -2.41. The number of aryl methyl sites for hydroxylation is 1. The average molecular weight is 277 g/mol. The van der Waals surface area contributed by atoms with E-state index in [1.807, 2.05) is 46.8 Å². The van der Waals surface area contributed by atoms with Crippen molar-refractivity contribution in [1.82, 2.24) is 0 Å². The first kappa shape index (κ1) is 14.9. The molecule has 6 heteroatoms. The van der Waals surface area contributed by atoms with Crippen molar-refractivity contribution in [2.24, 2.45) is 0 Å². The van der Waals surface area contributed by atoms with Crippen LogP contribution in [0.1, 0.15) is 33.3 Å². The summed E-state index contributed by atoms with van der Waals surface area (Å²) in [5.74, 6) is 0. The summed E-state index contributed by atoms with van der Waals surface area (Å²) in [6.07, 6.45) is -1.10. The summed E-state index contributed by atoms with van der Waals surface area (Å²) in [6.45, 7) is 9.81. The fraction of sp³-hybridized carbons (Fsp3) is 0.500. The summed E-state index contributed by atoms with van der Waals surface area (Å²) in [7, 11) is -0.582. The van der Waals surface area contributed by atoms with E-state index in [1.54, 1.807) is 6.07 Å². The minimum atomic E-state index is -1.10. The highest BCUT2D eigenvalue weighted by Crippen LogP contribution is 2.37. The van der Waals surface area contributed by atoms with Crippen LogP contribution in [-0.2, 0) is 9.31 Å². The van der Waals surface area contributed by atoms with Crippen LogP contribution in [0.3, 0.4) is 0 Å². The van der Waals surface area contributed by atoms with E-state index >= 15 is 0 Å². The Morgan fingerprint density at radius 2 is 1.75 bits per heavy atom. The number of carbonyl (C=O) groups is 1. The molecule has 0 unspecified atom stereocenters. The zero-order valence-corrected chi connectivity index (χ0v) is 12.5. The Morgan fingerprint density at radius 1 is 1.20 bits per heavy atom. The Labute approximate surface area is 119 Å². The summed E-state index contributed by atoms with van der Waals surface area (Å²) in [5.41, 5.74) is 1.29. The van der Waals surface area contributed by atoms with Gasteiger partial charge in [-0.1, -0.05) is 17.7 Å². The van der Waals surface area contributed by atoms with Gasteiger partial charge in [0.05, 0.1) is 11.2 Å². The van der Waals surface area contributed by atoms with E-state index in [0.29, 0.717) is 11.2 Å². The number of rotatable bonds is 2. The van der Waals surface area contributed by atoms with E-state index in [4.69, 9.17) is 14.4 Å². The fourth-order valence-corrected chi connectivity index (χ4v) is 2.08. The number of carboxylic acid groups (broad SMARTS) is 1. The van der Waals surface area contributed by atoms with Gasteiger partial charge in [0.15, 0.2) is 0 Å². The number of hydrogen-bond acceptors (Lipinski definition) is 3. The van der Waals surface area contributed by atoms with Crippen LogP contribution in [0.4, 0.5) is 10.5 Å². The second-order valence-electron chi connectivity index (χ2n) is 6.11. The maximum atomic E-state index is 10.9. The maximum Gasteiger partial charge on any atom is 0.496 e. The van der Waals surface area contributed by atoms with E-state index in [-0.39, 0.29) is 0 Å². The van der Waals surface area contributed by atoms with Crippen LogP contribution in [0.5, 0.6) is 0 Å². The Kier molecular flexibility index (Phi) is 3.56. The van der Waals surface area contributed by atoms with Gasteiger partial charge in [0.1, 0.15) is 0 Å². The first-order chi connectivity index (χ1) is 9.12. The molecule has 2 rings (SSSR count). The SMILES string of the molecule is Cc1ccc(NC(=O)O)c(B2OC(C)(C)C(C)(C)O2)c1. The van der Waals surface area contributed by atoms with Crippen molar-refractivity contribution in [3.8, 4) is 0 Å². The first-order valence-corrected chi connectivity index (χ1v) is 6.58. The highest BCUT2D eigenvalue weighted by Gasteiger charge is 2.52. The van der Waals surface area contributed by atoms with Crippen molar-refractivity contribution < 1.29 is 19.2 Å². The summed E-state index contributed by atoms with van der Waals surface area (Å²) >= 11 is 0. The van der Waals surface area contributed by atoms with Gasteiger partial charge in [0, 0.05) is 11.2 Å². The lowest BCUT2D eigenvalue weighted by atomic mass is 9.77. The van der Waals surface area contributed by atoms with Gasteiger partial charge in [0.2, 0.25) is 0 Å². The molecule has 1 fully saturated rings. The van der Waals surface area contributed by atoms with Gasteiger partial charge in [-0.3, -0.25) is 5.32 Å². The lowest BCUT2D eigenvalue weighted by Gasteiger charge is -2.32. The highest BCUT2D eigenvalue weighted by atomic mass is 16.7. The van der Waals surface area contributed by atoms with Gasteiger partial charge in [0.25, 0.3) is 0 Å². The second kappa shape index (κ2) is 4.79. The van der Waals surface area contributed by atoms with E-state index in [1.165, 1.54) is 0 Å². The molecule has 0 bridgehead atoms. The Bertz CT molecular complexity index is 526. The average Bonchev–Trinajstić information content (AvgIpc) is 2.50. The molecule has 5 nitrogen and oxygen atoms in total. The predicted molar refractivity (Wildman–Crippen MR) is 78.5 cm³/mol. The van der Waals surface area contributed by atoms with Crippen molar-refractivity contribution in [2.45, 2.75) is 45.8 Å². The van der Waals surface area contributed by atoms with Gasteiger partial charge in [-0.2, -0.15) is 0 Å². The quantitative estimate of drug-likeness (QED) is 0.814. The number of amides is 1. The lowest BCUT2D eigenvalue weighted by molar-refractivity contribution is 0.00578. The molecule has 20 heavy (non-hydrogen) atoms. The highest BCUT2D eigenvalue weighted by molar-refractivity contribution is 6.64. The van der Waals surface area contributed by atoms with Crippen molar-refractivity contribution in [2.75, 3.05) is 5.32 Å². The molecule has 0 spiro atoms. The Hall–Kier alpha value is -1.53. The van der Waals surface area contributed by atoms with Crippen LogP contribution in [0.2, 0.25) is 0 Å². The third kappa shape index (κ3) is 2.67. The summed E-state index contributed by atoms with van der Waals surface area (Å²) < 4.78 is 11.9. The molecule has 0 aromatic heterocycles. The zero-order chi connectivity index (χ0) is 15.1. The van der Waals surface area contributed by atoms with Crippen LogP contribution in [0.25, 0.3) is 0 Å². The first-order valence-electron chi connectivity index (χ1n) is 6.58. The third-order valence-corrected chi connectivity index (χ3v) is 3.96. The van der Waals surface area contributed by atoms with Gasteiger partial charge in [-0.05, 0) is 40.7 Å². The molecule has 0 aliphatic carbocycles. The molecule has 1 saturated heterocycles. The smallest absolute Gasteiger partial charge is 0.465 e. The molecule has 0 atom stereocenters. The minimum Gasteiger partial charge on any atom is -0.465 e. The molecule has 2 N–H and O–H groups in total. The molecule has 1 aromatic carbocycles. The molecule has 1 aliphatic heterocycles. The van der Waals surface area contributed by atoms with Crippen molar-refractivity contribution >= 4 is 24.4 Å². The van der Waals surface area contributed by atoms with Crippen molar-refractivity contribution in [1.29, 1.82) is 0 Å². The van der Waals surface area contributed by atoms with E-state index in [0.717, 1.165) is 5.56 Å². The Morgan fingerprint density at radius 3 is 2.25 bits per heavy atom. The molecular formula is C14H20BNO4. The maximum absolute atomic E-state index is 10.9. The number of hydrogen-bond donors (Lipinski definition) is 2. The van der Waals surface area contributed by atoms with Crippen LogP contribution in [0, 0.1) is 6.92 Å². The summed E-state index contributed by atoms with van der Waals surface area (Å²) in [5, 5.41) is 11.3. The van der Waals surface area contributed by atoms with Crippen LogP contribution >= 0.6 is 0 Å². The van der Waals surface area contributed by atoms with Gasteiger partial charge >= 0.3 is 13.2 Å².